The van der Waals surface area contributed by atoms with E-state index in [4.69, 9.17) is 0 Å². The molecule has 1 aliphatic heterocycles. The first kappa shape index (κ1) is 14.5. The van der Waals surface area contributed by atoms with Gasteiger partial charge >= 0.3 is 0 Å². The van der Waals surface area contributed by atoms with Crippen LogP contribution in [0.5, 0.6) is 0 Å². The highest BCUT2D eigenvalue weighted by molar-refractivity contribution is 5.24. The highest BCUT2D eigenvalue weighted by atomic mass is 15.2. The van der Waals surface area contributed by atoms with Crippen LogP contribution in [0.2, 0.25) is 0 Å². The Morgan fingerprint density at radius 3 is 2.47 bits per heavy atom. The number of benzene rings is 1. The third-order valence-corrected chi connectivity index (χ3v) is 4.45. The van der Waals surface area contributed by atoms with Gasteiger partial charge in [0.05, 0.1) is 0 Å². The van der Waals surface area contributed by atoms with Gasteiger partial charge in [0.25, 0.3) is 0 Å². The Morgan fingerprint density at radius 1 is 1.26 bits per heavy atom. The molecule has 1 fully saturated rings. The molecule has 1 N–H and O–H groups in total. The topological polar surface area (TPSA) is 15.3 Å². The van der Waals surface area contributed by atoms with E-state index in [1.165, 1.54) is 30.5 Å². The molecule has 0 radical (unpaired) electrons. The summed E-state index contributed by atoms with van der Waals surface area (Å²) in [7, 11) is 2.08. The number of hydrogen-bond acceptors (Lipinski definition) is 2. The van der Waals surface area contributed by atoms with E-state index in [0.29, 0.717) is 18.0 Å². The second-order valence-electron chi connectivity index (χ2n) is 6.23. The molecule has 0 saturated carbocycles. The van der Waals surface area contributed by atoms with E-state index in [2.05, 4.69) is 62.3 Å². The van der Waals surface area contributed by atoms with E-state index in [0.717, 1.165) is 6.54 Å². The lowest BCUT2D eigenvalue weighted by molar-refractivity contribution is 0.131. The van der Waals surface area contributed by atoms with E-state index >= 15 is 0 Å². The fourth-order valence-corrected chi connectivity index (χ4v) is 2.96. The van der Waals surface area contributed by atoms with E-state index in [-0.39, 0.29) is 0 Å². The summed E-state index contributed by atoms with van der Waals surface area (Å²) in [6.07, 6.45) is 2.53. The van der Waals surface area contributed by atoms with Gasteiger partial charge in [-0.25, -0.2) is 0 Å². The SMILES string of the molecule is CNC1CCN(Cc2ccc(C(C)C)cc2)C(C)C1. The molecule has 2 nitrogen and oxygen atoms in total. The number of nitrogens with one attached hydrogen (secondary N) is 1. The van der Waals surface area contributed by atoms with Crippen LogP contribution in [0.4, 0.5) is 0 Å². The minimum absolute atomic E-state index is 0.624. The van der Waals surface area contributed by atoms with Crippen molar-refractivity contribution in [3.63, 3.8) is 0 Å². The Hall–Kier alpha value is -0.860. The van der Waals surface area contributed by atoms with Crippen molar-refractivity contribution in [2.45, 2.75) is 58.2 Å². The second-order valence-corrected chi connectivity index (χ2v) is 6.23. The first-order valence-electron chi connectivity index (χ1n) is 7.60. The summed E-state index contributed by atoms with van der Waals surface area (Å²) in [5, 5.41) is 3.41. The van der Waals surface area contributed by atoms with Gasteiger partial charge in [-0.3, -0.25) is 4.90 Å². The van der Waals surface area contributed by atoms with Gasteiger partial charge in [-0.05, 0) is 43.9 Å². The summed E-state index contributed by atoms with van der Waals surface area (Å²) in [6.45, 7) is 9.15. The molecular formula is C17H28N2. The molecule has 1 aromatic carbocycles. The molecule has 0 amide bonds. The first-order chi connectivity index (χ1) is 9.10. The zero-order valence-corrected chi connectivity index (χ0v) is 12.8. The van der Waals surface area contributed by atoms with Gasteiger partial charge < -0.3 is 5.32 Å². The van der Waals surface area contributed by atoms with Crippen LogP contribution in [0.1, 0.15) is 50.7 Å². The Bertz CT molecular complexity index is 383. The average Bonchev–Trinajstić information content (AvgIpc) is 2.41. The molecule has 1 aromatic rings. The van der Waals surface area contributed by atoms with Gasteiger partial charge in [-0.2, -0.15) is 0 Å². The number of likely N-dealkylation sites (tertiary alicyclic amines) is 1. The number of rotatable bonds is 4. The first-order valence-corrected chi connectivity index (χ1v) is 7.60. The van der Waals surface area contributed by atoms with Gasteiger partial charge in [0.2, 0.25) is 0 Å². The summed E-state index contributed by atoms with van der Waals surface area (Å²) < 4.78 is 0. The van der Waals surface area contributed by atoms with Crippen LogP contribution in [0.15, 0.2) is 24.3 Å². The lowest BCUT2D eigenvalue weighted by atomic mass is 9.97. The standard InChI is InChI=1S/C17H28N2/c1-13(2)16-7-5-15(6-8-16)12-19-10-9-17(18-4)11-14(19)3/h5-8,13-14,17-18H,9-12H2,1-4H3. The van der Waals surface area contributed by atoms with Crippen LogP contribution in [0, 0.1) is 0 Å². The van der Waals surface area contributed by atoms with Crippen LogP contribution in [0.25, 0.3) is 0 Å². The molecule has 2 heteroatoms. The fraction of sp³-hybridized carbons (Fsp3) is 0.647. The molecule has 0 aliphatic carbocycles. The van der Waals surface area contributed by atoms with Gasteiger partial charge in [0, 0.05) is 25.2 Å². The molecule has 1 aliphatic rings. The molecular weight excluding hydrogens is 232 g/mol. The molecule has 1 saturated heterocycles. The summed E-state index contributed by atoms with van der Waals surface area (Å²) in [5.74, 6) is 0.624. The van der Waals surface area contributed by atoms with Gasteiger partial charge in [0.1, 0.15) is 0 Å². The molecule has 2 unspecified atom stereocenters. The van der Waals surface area contributed by atoms with E-state index in [1.807, 2.05) is 0 Å². The monoisotopic (exact) mass is 260 g/mol. The Balaban J connectivity index is 1.94. The van der Waals surface area contributed by atoms with Crippen molar-refractivity contribution >= 4 is 0 Å². The van der Waals surface area contributed by atoms with Crippen molar-refractivity contribution in [3.05, 3.63) is 35.4 Å². The summed E-state index contributed by atoms with van der Waals surface area (Å²) in [6, 6.07) is 10.5. The Morgan fingerprint density at radius 2 is 1.95 bits per heavy atom. The minimum atomic E-state index is 0.624. The number of piperidine rings is 1. The fourth-order valence-electron chi connectivity index (χ4n) is 2.96. The molecule has 19 heavy (non-hydrogen) atoms. The van der Waals surface area contributed by atoms with Crippen molar-refractivity contribution in [1.82, 2.24) is 10.2 Å². The molecule has 0 bridgehead atoms. The Kier molecular flexibility index (Phi) is 5.00. The maximum absolute atomic E-state index is 3.41. The van der Waals surface area contributed by atoms with Crippen molar-refractivity contribution in [2.24, 2.45) is 0 Å². The predicted octanol–water partition coefficient (Wildman–Crippen LogP) is 3.38. The normalized spacial score (nSPS) is 24.9. The van der Waals surface area contributed by atoms with Crippen LogP contribution >= 0.6 is 0 Å². The van der Waals surface area contributed by atoms with Crippen molar-refractivity contribution in [2.75, 3.05) is 13.6 Å². The maximum atomic E-state index is 3.41. The highest BCUT2D eigenvalue weighted by Gasteiger charge is 2.24. The lowest BCUT2D eigenvalue weighted by Crippen LogP contribution is -2.46. The van der Waals surface area contributed by atoms with Crippen LogP contribution in [-0.2, 0) is 6.54 Å². The zero-order chi connectivity index (χ0) is 13.8. The number of hydrogen-bond donors (Lipinski definition) is 1. The van der Waals surface area contributed by atoms with E-state index in [9.17, 15) is 0 Å². The van der Waals surface area contributed by atoms with E-state index in [1.54, 1.807) is 0 Å². The lowest BCUT2D eigenvalue weighted by Gasteiger charge is -2.37. The smallest absolute Gasteiger partial charge is 0.0236 e. The summed E-state index contributed by atoms with van der Waals surface area (Å²) in [5.41, 5.74) is 2.88. The minimum Gasteiger partial charge on any atom is -0.317 e. The summed E-state index contributed by atoms with van der Waals surface area (Å²) >= 11 is 0. The van der Waals surface area contributed by atoms with Crippen molar-refractivity contribution in [3.8, 4) is 0 Å². The van der Waals surface area contributed by atoms with Gasteiger partial charge in [-0.15, -0.1) is 0 Å². The summed E-state index contributed by atoms with van der Waals surface area (Å²) in [4.78, 5) is 2.61. The second kappa shape index (κ2) is 6.53. The predicted molar refractivity (Wildman–Crippen MR) is 82.5 cm³/mol. The van der Waals surface area contributed by atoms with E-state index < -0.39 is 0 Å². The average molecular weight is 260 g/mol. The molecule has 0 aromatic heterocycles. The molecule has 0 spiro atoms. The highest BCUT2D eigenvalue weighted by Crippen LogP contribution is 2.21. The maximum Gasteiger partial charge on any atom is 0.0236 e. The number of nitrogens with zero attached hydrogens (tertiary/aromatic N) is 1. The van der Waals surface area contributed by atoms with Crippen LogP contribution in [0.3, 0.4) is 0 Å². The molecule has 1 heterocycles. The van der Waals surface area contributed by atoms with Gasteiger partial charge in [-0.1, -0.05) is 38.1 Å². The zero-order valence-electron chi connectivity index (χ0n) is 12.8. The van der Waals surface area contributed by atoms with Crippen LogP contribution in [-0.4, -0.2) is 30.6 Å². The largest absolute Gasteiger partial charge is 0.317 e. The third kappa shape index (κ3) is 3.80. The molecule has 2 rings (SSSR count). The molecule has 2 atom stereocenters. The van der Waals surface area contributed by atoms with Crippen molar-refractivity contribution in [1.29, 1.82) is 0 Å². The molecule has 106 valence electrons. The quantitative estimate of drug-likeness (QED) is 0.893. The Labute approximate surface area is 118 Å². The van der Waals surface area contributed by atoms with Crippen LogP contribution < -0.4 is 5.32 Å². The van der Waals surface area contributed by atoms with Gasteiger partial charge in [0.15, 0.2) is 0 Å². The van der Waals surface area contributed by atoms with Crippen molar-refractivity contribution < 1.29 is 0 Å². The third-order valence-electron chi connectivity index (χ3n) is 4.45.